The predicted octanol–water partition coefficient (Wildman–Crippen LogP) is 2.42. The van der Waals surface area contributed by atoms with Crippen LogP contribution in [0.15, 0.2) is 34.7 Å². The summed E-state index contributed by atoms with van der Waals surface area (Å²) in [5, 5.41) is 10.6. The highest BCUT2D eigenvalue weighted by atomic mass is 16.5. The molecule has 1 N–H and O–H groups in total. The van der Waals surface area contributed by atoms with Crippen LogP contribution in [0.2, 0.25) is 0 Å². The van der Waals surface area contributed by atoms with E-state index in [0.29, 0.717) is 18.4 Å². The Morgan fingerprint density at radius 1 is 1.33 bits per heavy atom. The first-order chi connectivity index (χ1) is 11.4. The van der Waals surface area contributed by atoms with Gasteiger partial charge in [0.25, 0.3) is 0 Å². The molecule has 24 heavy (non-hydrogen) atoms. The number of hydrogen-bond donors (Lipinski definition) is 1. The van der Waals surface area contributed by atoms with E-state index >= 15 is 0 Å². The van der Waals surface area contributed by atoms with Crippen LogP contribution < -0.4 is 5.32 Å². The Kier molecular flexibility index (Phi) is 4.66. The molecule has 1 amide bonds. The van der Waals surface area contributed by atoms with E-state index < -0.39 is 0 Å². The van der Waals surface area contributed by atoms with Crippen molar-refractivity contribution in [1.29, 1.82) is 0 Å². The van der Waals surface area contributed by atoms with Gasteiger partial charge in [-0.2, -0.15) is 0 Å². The predicted molar refractivity (Wildman–Crippen MR) is 88.1 cm³/mol. The summed E-state index contributed by atoms with van der Waals surface area (Å²) in [6, 6.07) is 10.2. The average Bonchev–Trinajstić information content (AvgIpc) is 2.96. The van der Waals surface area contributed by atoms with Crippen LogP contribution in [0.1, 0.15) is 37.6 Å². The fraction of sp³-hybridized carbons (Fsp3) is 0.500. The van der Waals surface area contributed by atoms with Gasteiger partial charge in [0.05, 0.1) is 12.7 Å². The summed E-state index contributed by atoms with van der Waals surface area (Å²) in [5.74, 6) is 0.716. The van der Waals surface area contributed by atoms with Crippen molar-refractivity contribution in [3.05, 3.63) is 47.7 Å². The van der Waals surface area contributed by atoms with E-state index in [4.69, 9.17) is 9.15 Å². The minimum atomic E-state index is -0.102. The molecular weight excluding hydrogens is 306 g/mol. The van der Waals surface area contributed by atoms with Gasteiger partial charge in [-0.15, -0.1) is 10.2 Å². The number of aryl methyl sites for hydroxylation is 1. The maximum absolute atomic E-state index is 12.1. The topological polar surface area (TPSA) is 77.2 Å². The standard InChI is InChI=1S/C18H23N3O3/c1-12-20-21-17(24-12)10-16(22)19-14-9-15(18(14,2)3)23-11-13-7-5-4-6-8-13/h4-8,14-15H,9-11H2,1-3H3,(H,19,22)/t14-,15-/m0/s1. The van der Waals surface area contributed by atoms with Crippen LogP contribution in [0.25, 0.3) is 0 Å². The van der Waals surface area contributed by atoms with Crippen LogP contribution in [0.4, 0.5) is 0 Å². The number of hydrogen-bond acceptors (Lipinski definition) is 5. The first-order valence-electron chi connectivity index (χ1n) is 8.19. The van der Waals surface area contributed by atoms with Crippen molar-refractivity contribution in [2.75, 3.05) is 0 Å². The molecule has 1 fully saturated rings. The quantitative estimate of drug-likeness (QED) is 0.880. The Bertz CT molecular complexity index is 697. The first kappa shape index (κ1) is 16.6. The summed E-state index contributed by atoms with van der Waals surface area (Å²) in [7, 11) is 0. The second kappa shape index (κ2) is 6.73. The van der Waals surface area contributed by atoms with Gasteiger partial charge in [0.1, 0.15) is 6.42 Å². The lowest BCUT2D eigenvalue weighted by molar-refractivity contribution is -0.140. The van der Waals surface area contributed by atoms with Gasteiger partial charge >= 0.3 is 0 Å². The van der Waals surface area contributed by atoms with E-state index in [0.717, 1.165) is 12.0 Å². The van der Waals surface area contributed by atoms with Crippen molar-refractivity contribution in [3.8, 4) is 0 Å². The minimum Gasteiger partial charge on any atom is -0.425 e. The summed E-state index contributed by atoms with van der Waals surface area (Å²) >= 11 is 0. The lowest BCUT2D eigenvalue weighted by Gasteiger charge is -2.51. The van der Waals surface area contributed by atoms with E-state index in [1.165, 1.54) is 0 Å². The molecule has 2 atom stereocenters. The SMILES string of the molecule is Cc1nnc(CC(=O)N[C@H]2C[C@H](OCc3ccccc3)C2(C)C)o1. The van der Waals surface area contributed by atoms with Gasteiger partial charge < -0.3 is 14.5 Å². The minimum absolute atomic E-state index is 0.0924. The fourth-order valence-electron chi connectivity index (χ4n) is 2.98. The third-order valence-corrected chi connectivity index (χ3v) is 4.69. The maximum atomic E-state index is 12.1. The molecule has 0 unspecified atom stereocenters. The molecule has 0 bridgehead atoms. The molecule has 128 valence electrons. The molecule has 0 radical (unpaired) electrons. The van der Waals surface area contributed by atoms with Gasteiger partial charge in [-0.1, -0.05) is 44.2 Å². The molecule has 1 heterocycles. The highest BCUT2D eigenvalue weighted by Gasteiger charge is 2.49. The van der Waals surface area contributed by atoms with Gasteiger partial charge in [-0.3, -0.25) is 4.79 Å². The number of amides is 1. The molecule has 1 aromatic carbocycles. The van der Waals surface area contributed by atoms with E-state index in [9.17, 15) is 4.79 Å². The molecule has 1 aliphatic rings. The van der Waals surface area contributed by atoms with Crippen molar-refractivity contribution in [1.82, 2.24) is 15.5 Å². The van der Waals surface area contributed by atoms with Crippen molar-refractivity contribution in [3.63, 3.8) is 0 Å². The monoisotopic (exact) mass is 329 g/mol. The maximum Gasteiger partial charge on any atom is 0.229 e. The van der Waals surface area contributed by atoms with Gasteiger partial charge in [0.15, 0.2) is 0 Å². The number of carbonyl (C=O) groups is 1. The van der Waals surface area contributed by atoms with Crippen LogP contribution >= 0.6 is 0 Å². The number of carbonyl (C=O) groups excluding carboxylic acids is 1. The Labute approximate surface area is 141 Å². The summed E-state index contributed by atoms with van der Waals surface area (Å²) in [6.07, 6.45) is 1.06. The Morgan fingerprint density at radius 2 is 2.08 bits per heavy atom. The molecule has 6 nitrogen and oxygen atoms in total. The Hall–Kier alpha value is -2.21. The zero-order valence-electron chi connectivity index (χ0n) is 14.3. The summed E-state index contributed by atoms with van der Waals surface area (Å²) in [5.41, 5.74) is 1.06. The largest absolute Gasteiger partial charge is 0.425 e. The van der Waals surface area contributed by atoms with Crippen molar-refractivity contribution < 1.29 is 13.9 Å². The van der Waals surface area contributed by atoms with Crippen molar-refractivity contribution in [2.45, 2.75) is 52.4 Å². The number of rotatable bonds is 6. The second-order valence-corrected chi connectivity index (χ2v) is 6.85. The smallest absolute Gasteiger partial charge is 0.229 e. The van der Waals surface area contributed by atoms with Crippen molar-refractivity contribution >= 4 is 5.91 Å². The van der Waals surface area contributed by atoms with Crippen LogP contribution in [0, 0.1) is 12.3 Å². The number of nitrogens with zero attached hydrogens (tertiary/aromatic N) is 2. The first-order valence-corrected chi connectivity index (χ1v) is 8.19. The zero-order valence-corrected chi connectivity index (χ0v) is 14.3. The van der Waals surface area contributed by atoms with Gasteiger partial charge in [0, 0.05) is 18.4 Å². The summed E-state index contributed by atoms with van der Waals surface area (Å²) < 4.78 is 11.3. The second-order valence-electron chi connectivity index (χ2n) is 6.85. The molecular formula is C18H23N3O3. The highest BCUT2D eigenvalue weighted by Crippen LogP contribution is 2.43. The molecule has 1 aromatic heterocycles. The van der Waals surface area contributed by atoms with Gasteiger partial charge in [-0.25, -0.2) is 0 Å². The molecule has 0 aliphatic heterocycles. The van der Waals surface area contributed by atoms with E-state index in [2.05, 4.69) is 41.5 Å². The van der Waals surface area contributed by atoms with Crippen LogP contribution in [0.3, 0.4) is 0 Å². The molecule has 1 saturated carbocycles. The van der Waals surface area contributed by atoms with Gasteiger partial charge in [0.2, 0.25) is 17.7 Å². The highest BCUT2D eigenvalue weighted by molar-refractivity contribution is 5.78. The fourth-order valence-corrected chi connectivity index (χ4v) is 2.98. The lowest BCUT2D eigenvalue weighted by atomic mass is 9.64. The Morgan fingerprint density at radius 3 is 2.71 bits per heavy atom. The third-order valence-electron chi connectivity index (χ3n) is 4.69. The van der Waals surface area contributed by atoms with E-state index in [1.807, 2.05) is 18.2 Å². The molecule has 0 saturated heterocycles. The van der Waals surface area contributed by atoms with Crippen LogP contribution in [0.5, 0.6) is 0 Å². The Balaban J connectivity index is 1.47. The molecule has 3 rings (SSSR count). The van der Waals surface area contributed by atoms with Crippen LogP contribution in [-0.2, 0) is 22.6 Å². The average molecular weight is 329 g/mol. The molecule has 6 heteroatoms. The summed E-state index contributed by atoms with van der Waals surface area (Å²) in [4.78, 5) is 12.1. The number of benzene rings is 1. The number of aromatic nitrogens is 2. The van der Waals surface area contributed by atoms with E-state index in [-0.39, 0.29) is 29.9 Å². The van der Waals surface area contributed by atoms with Gasteiger partial charge in [-0.05, 0) is 12.0 Å². The van der Waals surface area contributed by atoms with E-state index in [1.54, 1.807) is 6.92 Å². The zero-order chi connectivity index (χ0) is 17.2. The number of nitrogens with one attached hydrogen (secondary N) is 1. The molecule has 0 spiro atoms. The molecule has 2 aromatic rings. The van der Waals surface area contributed by atoms with Crippen molar-refractivity contribution in [2.24, 2.45) is 5.41 Å². The number of ether oxygens (including phenoxy) is 1. The normalized spacial score (nSPS) is 22.0. The lowest BCUT2D eigenvalue weighted by Crippen LogP contribution is -2.62. The third kappa shape index (κ3) is 3.64. The summed E-state index contributed by atoms with van der Waals surface area (Å²) in [6.45, 7) is 6.54. The van der Waals surface area contributed by atoms with Crippen LogP contribution in [-0.4, -0.2) is 28.3 Å². The molecule has 1 aliphatic carbocycles.